The summed E-state index contributed by atoms with van der Waals surface area (Å²) in [7, 11) is 0. The average molecular weight is 206 g/mol. The maximum atomic E-state index is 5.18. The molecule has 0 saturated carbocycles. The highest BCUT2D eigenvalue weighted by Gasteiger charge is 2.20. The van der Waals surface area contributed by atoms with Gasteiger partial charge in [0.1, 0.15) is 0 Å². The lowest BCUT2D eigenvalue weighted by atomic mass is 10.1. The van der Waals surface area contributed by atoms with Crippen LogP contribution in [0.4, 0.5) is 5.69 Å². The van der Waals surface area contributed by atoms with Gasteiger partial charge in [0, 0.05) is 30.8 Å². The fourth-order valence-electron chi connectivity index (χ4n) is 2.14. The number of fused-ring (bicyclic) bond motifs is 1. The van der Waals surface area contributed by atoms with Crippen LogP contribution in [0.1, 0.15) is 5.56 Å². The van der Waals surface area contributed by atoms with Crippen molar-refractivity contribution in [3.63, 3.8) is 0 Å². The zero-order chi connectivity index (χ0) is 10.1. The summed E-state index contributed by atoms with van der Waals surface area (Å²) in [4.78, 5) is 12.5. The molecule has 1 aromatic carbocycles. The number of anilines is 1. The van der Waals surface area contributed by atoms with Crippen molar-refractivity contribution in [1.29, 1.82) is 0 Å². The van der Waals surface area contributed by atoms with Gasteiger partial charge in [-0.05, 0) is 12.1 Å². The summed E-state index contributed by atoms with van der Waals surface area (Å²) in [6.45, 7) is 3.70. The zero-order valence-electron chi connectivity index (χ0n) is 8.53. The summed E-state index contributed by atoms with van der Waals surface area (Å²) < 4.78 is 0. The molecule has 1 aromatic rings. The maximum Gasteiger partial charge on any atom is 0.170 e. The fraction of sp³-hybridized carbons (Fsp3) is 0.455. The van der Waals surface area contributed by atoms with E-state index in [1.165, 1.54) is 11.3 Å². The van der Waals surface area contributed by atoms with Crippen LogP contribution in [0.15, 0.2) is 18.2 Å². The van der Waals surface area contributed by atoms with E-state index >= 15 is 0 Å². The van der Waals surface area contributed by atoms with Gasteiger partial charge in [-0.25, -0.2) is 0 Å². The second kappa shape index (κ2) is 3.72. The topological polar surface area (TPSA) is 33.7 Å². The highest BCUT2D eigenvalue weighted by Crippen LogP contribution is 2.32. The van der Waals surface area contributed by atoms with Crippen LogP contribution in [0.25, 0.3) is 0 Å². The van der Waals surface area contributed by atoms with Gasteiger partial charge in [0.05, 0.1) is 13.3 Å². The van der Waals surface area contributed by atoms with E-state index in [-0.39, 0.29) is 0 Å². The first kappa shape index (κ1) is 9.00. The highest BCUT2D eigenvalue weighted by atomic mass is 17.2. The Morgan fingerprint density at radius 1 is 1.33 bits per heavy atom. The largest absolute Gasteiger partial charge is 0.357 e. The van der Waals surface area contributed by atoms with Crippen LogP contribution in [0.5, 0.6) is 5.75 Å². The van der Waals surface area contributed by atoms with Crippen molar-refractivity contribution < 1.29 is 9.78 Å². The van der Waals surface area contributed by atoms with Crippen LogP contribution in [0.2, 0.25) is 0 Å². The second-order valence-corrected chi connectivity index (χ2v) is 3.83. The molecule has 2 aliphatic rings. The quantitative estimate of drug-likeness (QED) is 0.693. The van der Waals surface area contributed by atoms with Crippen LogP contribution in [0.3, 0.4) is 0 Å². The lowest BCUT2D eigenvalue weighted by Crippen LogP contribution is -2.24. The third kappa shape index (κ3) is 1.56. The normalized spacial score (nSPS) is 19.9. The molecule has 80 valence electrons. The Labute approximate surface area is 88.7 Å². The van der Waals surface area contributed by atoms with Crippen molar-refractivity contribution in [2.24, 2.45) is 0 Å². The SMILES string of the molecule is c1cc2c(c(N3CCNC3)c1)CCOO2. The molecule has 1 fully saturated rings. The third-order valence-electron chi connectivity index (χ3n) is 2.89. The van der Waals surface area contributed by atoms with Gasteiger partial charge in [-0.15, -0.1) is 0 Å². The lowest BCUT2D eigenvalue weighted by Gasteiger charge is -2.24. The molecule has 0 bridgehead atoms. The molecule has 0 amide bonds. The van der Waals surface area contributed by atoms with Gasteiger partial charge in [-0.2, -0.15) is 4.89 Å². The molecular formula is C11H14N2O2. The summed E-state index contributed by atoms with van der Waals surface area (Å²) in [5.74, 6) is 0.866. The van der Waals surface area contributed by atoms with Crippen molar-refractivity contribution in [2.75, 3.05) is 31.3 Å². The van der Waals surface area contributed by atoms with Crippen molar-refractivity contribution in [3.8, 4) is 5.75 Å². The molecule has 2 aliphatic heterocycles. The Bertz CT molecular complexity index is 362. The summed E-state index contributed by atoms with van der Waals surface area (Å²) in [5, 5.41) is 3.33. The smallest absolute Gasteiger partial charge is 0.170 e. The average Bonchev–Trinajstić information content (AvgIpc) is 2.82. The molecule has 1 saturated heterocycles. The Morgan fingerprint density at radius 2 is 2.33 bits per heavy atom. The minimum atomic E-state index is 0.644. The van der Waals surface area contributed by atoms with Gasteiger partial charge >= 0.3 is 0 Å². The van der Waals surface area contributed by atoms with E-state index in [4.69, 9.17) is 9.78 Å². The Kier molecular flexibility index (Phi) is 2.23. The minimum absolute atomic E-state index is 0.644. The van der Waals surface area contributed by atoms with Crippen molar-refractivity contribution >= 4 is 5.69 Å². The van der Waals surface area contributed by atoms with Gasteiger partial charge in [-0.1, -0.05) is 6.07 Å². The third-order valence-corrected chi connectivity index (χ3v) is 2.89. The van der Waals surface area contributed by atoms with E-state index in [2.05, 4.69) is 16.3 Å². The molecule has 4 nitrogen and oxygen atoms in total. The van der Waals surface area contributed by atoms with Crippen LogP contribution < -0.4 is 15.1 Å². The van der Waals surface area contributed by atoms with Gasteiger partial charge in [0.25, 0.3) is 0 Å². The van der Waals surface area contributed by atoms with Crippen LogP contribution in [0, 0.1) is 0 Å². The molecule has 15 heavy (non-hydrogen) atoms. The van der Waals surface area contributed by atoms with Crippen LogP contribution in [-0.2, 0) is 11.3 Å². The Hall–Kier alpha value is -1.26. The number of rotatable bonds is 1. The van der Waals surface area contributed by atoms with Gasteiger partial charge in [-0.3, -0.25) is 5.32 Å². The van der Waals surface area contributed by atoms with Gasteiger partial charge in [0.2, 0.25) is 0 Å². The molecule has 0 radical (unpaired) electrons. The molecule has 0 unspecified atom stereocenters. The molecule has 0 atom stereocenters. The maximum absolute atomic E-state index is 5.18. The van der Waals surface area contributed by atoms with Crippen molar-refractivity contribution in [2.45, 2.75) is 6.42 Å². The molecular weight excluding hydrogens is 192 g/mol. The summed E-state index contributed by atoms with van der Waals surface area (Å²) >= 11 is 0. The summed E-state index contributed by atoms with van der Waals surface area (Å²) in [5.41, 5.74) is 2.55. The molecule has 3 rings (SSSR count). The fourth-order valence-corrected chi connectivity index (χ4v) is 2.14. The van der Waals surface area contributed by atoms with E-state index in [1.54, 1.807) is 0 Å². The minimum Gasteiger partial charge on any atom is -0.357 e. The summed E-state index contributed by atoms with van der Waals surface area (Å²) in [6, 6.07) is 6.13. The van der Waals surface area contributed by atoms with Crippen LogP contribution >= 0.6 is 0 Å². The van der Waals surface area contributed by atoms with E-state index < -0.39 is 0 Å². The number of hydrogen-bond donors (Lipinski definition) is 1. The number of nitrogens with zero attached hydrogens (tertiary/aromatic N) is 1. The monoisotopic (exact) mass is 206 g/mol. The van der Waals surface area contributed by atoms with E-state index in [1.807, 2.05) is 12.1 Å². The van der Waals surface area contributed by atoms with Crippen molar-refractivity contribution in [1.82, 2.24) is 5.32 Å². The van der Waals surface area contributed by atoms with Crippen molar-refractivity contribution in [3.05, 3.63) is 23.8 Å². The highest BCUT2D eigenvalue weighted by molar-refractivity contribution is 5.60. The van der Waals surface area contributed by atoms with Gasteiger partial charge in [0.15, 0.2) is 5.75 Å². The standard InChI is InChI=1S/C11H14N2O2/c1-2-10(13-6-5-12-8-13)9-4-7-14-15-11(9)3-1/h1-3,12H,4-8H2. The number of nitrogens with one attached hydrogen (secondary N) is 1. The Balaban J connectivity index is 1.99. The van der Waals surface area contributed by atoms with E-state index in [0.717, 1.165) is 31.9 Å². The zero-order valence-corrected chi connectivity index (χ0v) is 8.53. The lowest BCUT2D eigenvalue weighted by molar-refractivity contribution is -0.215. The first-order chi connectivity index (χ1) is 7.45. The molecule has 0 aromatic heterocycles. The molecule has 0 spiro atoms. The van der Waals surface area contributed by atoms with Crippen LogP contribution in [-0.4, -0.2) is 26.4 Å². The predicted molar refractivity (Wildman–Crippen MR) is 56.9 cm³/mol. The molecule has 2 heterocycles. The van der Waals surface area contributed by atoms with E-state index in [0.29, 0.717) is 6.61 Å². The molecule has 1 N–H and O–H groups in total. The molecule has 0 aliphatic carbocycles. The van der Waals surface area contributed by atoms with Gasteiger partial charge < -0.3 is 9.79 Å². The first-order valence-electron chi connectivity index (χ1n) is 5.32. The predicted octanol–water partition coefficient (Wildman–Crippen LogP) is 0.920. The Morgan fingerprint density at radius 3 is 3.20 bits per heavy atom. The molecule has 4 heteroatoms. The second-order valence-electron chi connectivity index (χ2n) is 3.83. The number of benzene rings is 1. The first-order valence-corrected chi connectivity index (χ1v) is 5.32. The van der Waals surface area contributed by atoms with E-state index in [9.17, 15) is 0 Å². The summed E-state index contributed by atoms with van der Waals surface area (Å²) in [6.07, 6.45) is 0.933. The number of hydrogen-bond acceptors (Lipinski definition) is 4.